The van der Waals surface area contributed by atoms with Gasteiger partial charge in [0.25, 0.3) is 0 Å². The SMILES string of the molecule is COc1ccccc1CCC(=O)N1CCC(=O)CC1. The number of nitrogens with zero attached hydrogens (tertiary/aromatic N) is 1. The molecule has 0 aromatic heterocycles. The predicted molar refractivity (Wildman–Crippen MR) is 72.1 cm³/mol. The molecule has 1 fully saturated rings. The number of piperidine rings is 1. The molecule has 2 rings (SSSR count). The van der Waals surface area contributed by atoms with Crippen molar-refractivity contribution in [1.29, 1.82) is 0 Å². The van der Waals surface area contributed by atoms with Crippen molar-refractivity contribution in [3.05, 3.63) is 29.8 Å². The molecule has 1 saturated heterocycles. The van der Waals surface area contributed by atoms with E-state index in [4.69, 9.17) is 4.74 Å². The number of ether oxygens (including phenoxy) is 1. The Morgan fingerprint density at radius 1 is 1.26 bits per heavy atom. The van der Waals surface area contributed by atoms with Gasteiger partial charge in [-0.15, -0.1) is 0 Å². The standard InChI is InChI=1S/C15H19NO3/c1-19-14-5-3-2-4-12(14)6-7-15(18)16-10-8-13(17)9-11-16/h2-5H,6-11H2,1H3. The number of likely N-dealkylation sites (tertiary alicyclic amines) is 1. The average molecular weight is 261 g/mol. The largest absolute Gasteiger partial charge is 0.496 e. The Morgan fingerprint density at radius 3 is 2.63 bits per heavy atom. The highest BCUT2D eigenvalue weighted by atomic mass is 16.5. The van der Waals surface area contributed by atoms with Crippen LogP contribution in [-0.2, 0) is 16.0 Å². The quantitative estimate of drug-likeness (QED) is 0.830. The molecule has 0 aliphatic carbocycles. The minimum atomic E-state index is 0.124. The number of hydrogen-bond donors (Lipinski definition) is 0. The van der Waals surface area contributed by atoms with Crippen LogP contribution in [0.3, 0.4) is 0 Å². The maximum absolute atomic E-state index is 12.1. The molecule has 1 aliphatic heterocycles. The molecule has 19 heavy (non-hydrogen) atoms. The van der Waals surface area contributed by atoms with Crippen LogP contribution in [-0.4, -0.2) is 36.8 Å². The molecule has 0 atom stereocenters. The summed E-state index contributed by atoms with van der Waals surface area (Å²) in [5.41, 5.74) is 1.05. The zero-order valence-corrected chi connectivity index (χ0v) is 11.2. The van der Waals surface area contributed by atoms with Crippen LogP contribution in [0.1, 0.15) is 24.8 Å². The molecule has 0 unspecified atom stereocenters. The van der Waals surface area contributed by atoms with Gasteiger partial charge in [-0.25, -0.2) is 0 Å². The Labute approximate surface area is 113 Å². The van der Waals surface area contributed by atoms with Crippen molar-refractivity contribution in [2.75, 3.05) is 20.2 Å². The fourth-order valence-corrected chi connectivity index (χ4v) is 2.31. The third kappa shape index (κ3) is 3.56. The van der Waals surface area contributed by atoms with Gasteiger partial charge in [0.2, 0.25) is 5.91 Å². The molecule has 102 valence electrons. The molecule has 1 heterocycles. The number of hydrogen-bond acceptors (Lipinski definition) is 3. The lowest BCUT2D eigenvalue weighted by Gasteiger charge is -2.26. The van der Waals surface area contributed by atoms with Gasteiger partial charge in [-0.3, -0.25) is 9.59 Å². The summed E-state index contributed by atoms with van der Waals surface area (Å²) in [7, 11) is 1.64. The lowest BCUT2D eigenvalue weighted by Crippen LogP contribution is -2.38. The average Bonchev–Trinajstić information content (AvgIpc) is 2.45. The van der Waals surface area contributed by atoms with Crippen molar-refractivity contribution in [2.45, 2.75) is 25.7 Å². The van der Waals surface area contributed by atoms with E-state index in [-0.39, 0.29) is 11.7 Å². The highest BCUT2D eigenvalue weighted by molar-refractivity contribution is 5.83. The second-order valence-electron chi connectivity index (χ2n) is 4.73. The summed E-state index contributed by atoms with van der Waals surface area (Å²) in [6.45, 7) is 1.15. The highest BCUT2D eigenvalue weighted by Gasteiger charge is 2.20. The molecule has 4 heteroatoms. The minimum Gasteiger partial charge on any atom is -0.496 e. The third-order valence-corrected chi connectivity index (χ3v) is 3.47. The van der Waals surface area contributed by atoms with E-state index in [0.717, 1.165) is 11.3 Å². The van der Waals surface area contributed by atoms with E-state index in [9.17, 15) is 9.59 Å². The zero-order chi connectivity index (χ0) is 13.7. The normalized spacial score (nSPS) is 15.4. The number of amides is 1. The zero-order valence-electron chi connectivity index (χ0n) is 11.2. The molecule has 0 bridgehead atoms. The van der Waals surface area contributed by atoms with E-state index in [1.807, 2.05) is 24.3 Å². The molecule has 1 aromatic carbocycles. The monoisotopic (exact) mass is 261 g/mol. The molecule has 0 N–H and O–H groups in total. The van der Waals surface area contributed by atoms with Gasteiger partial charge in [-0.05, 0) is 18.1 Å². The molecule has 1 aromatic rings. The van der Waals surface area contributed by atoms with E-state index in [0.29, 0.717) is 38.8 Å². The summed E-state index contributed by atoms with van der Waals surface area (Å²) in [5.74, 6) is 1.20. The van der Waals surface area contributed by atoms with Crippen molar-refractivity contribution in [3.63, 3.8) is 0 Å². The number of carbonyl (C=O) groups is 2. The van der Waals surface area contributed by atoms with E-state index in [1.54, 1.807) is 12.0 Å². The van der Waals surface area contributed by atoms with Crippen molar-refractivity contribution < 1.29 is 14.3 Å². The van der Waals surface area contributed by atoms with Gasteiger partial charge in [0.1, 0.15) is 11.5 Å². The lowest BCUT2D eigenvalue weighted by atomic mass is 10.1. The first-order valence-corrected chi connectivity index (χ1v) is 6.62. The Hall–Kier alpha value is -1.84. The van der Waals surface area contributed by atoms with Gasteiger partial charge < -0.3 is 9.64 Å². The molecule has 1 amide bonds. The third-order valence-electron chi connectivity index (χ3n) is 3.47. The second-order valence-corrected chi connectivity index (χ2v) is 4.73. The van der Waals surface area contributed by atoms with Crippen LogP contribution in [0.15, 0.2) is 24.3 Å². The first-order chi connectivity index (χ1) is 9.20. The summed E-state index contributed by atoms with van der Waals surface area (Å²) >= 11 is 0. The molecule has 4 nitrogen and oxygen atoms in total. The second kappa shape index (κ2) is 6.36. The number of methoxy groups -OCH3 is 1. The van der Waals surface area contributed by atoms with Gasteiger partial charge in [0.15, 0.2) is 0 Å². The first-order valence-electron chi connectivity index (χ1n) is 6.62. The number of benzene rings is 1. The van der Waals surface area contributed by atoms with Crippen LogP contribution in [0.4, 0.5) is 0 Å². The lowest BCUT2D eigenvalue weighted by molar-refractivity contribution is -0.134. The molecule has 0 radical (unpaired) electrons. The van der Waals surface area contributed by atoms with Crippen molar-refractivity contribution in [1.82, 2.24) is 4.90 Å². The van der Waals surface area contributed by atoms with Crippen LogP contribution in [0.2, 0.25) is 0 Å². The van der Waals surface area contributed by atoms with Gasteiger partial charge in [-0.1, -0.05) is 18.2 Å². The van der Waals surface area contributed by atoms with E-state index in [2.05, 4.69) is 0 Å². The predicted octanol–water partition coefficient (Wildman–Crippen LogP) is 1.82. The van der Waals surface area contributed by atoms with E-state index >= 15 is 0 Å². The molecule has 0 saturated carbocycles. The molecular weight excluding hydrogens is 242 g/mol. The Balaban J connectivity index is 1.88. The number of rotatable bonds is 4. The highest BCUT2D eigenvalue weighted by Crippen LogP contribution is 2.19. The van der Waals surface area contributed by atoms with Crippen LogP contribution >= 0.6 is 0 Å². The van der Waals surface area contributed by atoms with Gasteiger partial charge in [0.05, 0.1) is 7.11 Å². The Kier molecular flexibility index (Phi) is 4.55. The Morgan fingerprint density at radius 2 is 1.95 bits per heavy atom. The summed E-state index contributed by atoms with van der Waals surface area (Å²) in [5, 5.41) is 0. The van der Waals surface area contributed by atoms with Crippen LogP contribution < -0.4 is 4.74 Å². The fourth-order valence-electron chi connectivity index (χ4n) is 2.31. The smallest absolute Gasteiger partial charge is 0.222 e. The van der Waals surface area contributed by atoms with Crippen molar-refractivity contribution in [3.8, 4) is 5.75 Å². The maximum atomic E-state index is 12.1. The van der Waals surface area contributed by atoms with E-state index < -0.39 is 0 Å². The van der Waals surface area contributed by atoms with Crippen molar-refractivity contribution in [2.24, 2.45) is 0 Å². The first kappa shape index (κ1) is 13.6. The van der Waals surface area contributed by atoms with Gasteiger partial charge in [0, 0.05) is 32.4 Å². The van der Waals surface area contributed by atoms with Crippen molar-refractivity contribution >= 4 is 11.7 Å². The molecular formula is C15H19NO3. The Bertz CT molecular complexity index is 460. The van der Waals surface area contributed by atoms with Crippen LogP contribution in [0.25, 0.3) is 0 Å². The molecule has 1 aliphatic rings. The topological polar surface area (TPSA) is 46.6 Å². The summed E-state index contributed by atoms with van der Waals surface area (Å²) in [6.07, 6.45) is 2.14. The minimum absolute atomic E-state index is 0.124. The van der Waals surface area contributed by atoms with Crippen LogP contribution in [0, 0.1) is 0 Å². The van der Waals surface area contributed by atoms with Gasteiger partial charge in [-0.2, -0.15) is 0 Å². The number of aryl methyl sites for hydroxylation is 1. The molecule has 0 spiro atoms. The van der Waals surface area contributed by atoms with Gasteiger partial charge >= 0.3 is 0 Å². The number of ketones is 1. The summed E-state index contributed by atoms with van der Waals surface area (Å²) in [4.78, 5) is 25.0. The summed E-state index contributed by atoms with van der Waals surface area (Å²) in [6, 6.07) is 7.74. The fraction of sp³-hybridized carbons (Fsp3) is 0.467. The maximum Gasteiger partial charge on any atom is 0.222 e. The number of carbonyl (C=O) groups excluding carboxylic acids is 2. The van der Waals surface area contributed by atoms with Crippen LogP contribution in [0.5, 0.6) is 5.75 Å². The summed E-state index contributed by atoms with van der Waals surface area (Å²) < 4.78 is 5.27. The number of para-hydroxylation sites is 1. The van der Waals surface area contributed by atoms with E-state index in [1.165, 1.54) is 0 Å². The number of Topliss-reactive ketones (excluding diaryl/α,β-unsaturated/α-hetero) is 1.